The number of ether oxygens (including phenoxy) is 1. The quantitative estimate of drug-likeness (QED) is 0.628. The van der Waals surface area contributed by atoms with Crippen molar-refractivity contribution in [1.29, 1.82) is 0 Å². The first-order valence-electron chi connectivity index (χ1n) is 5.82. The van der Waals surface area contributed by atoms with Gasteiger partial charge in [0.25, 0.3) is 0 Å². The molecule has 1 rings (SSSR count). The SMILES string of the molecule is CC(O)C(NC(=O)CC1CCCCO1)C(=O)O. The molecule has 6 heteroatoms. The van der Waals surface area contributed by atoms with Gasteiger partial charge in [-0.25, -0.2) is 4.79 Å². The van der Waals surface area contributed by atoms with Gasteiger partial charge in [0.2, 0.25) is 5.91 Å². The Hall–Kier alpha value is -1.14. The molecule has 0 aromatic carbocycles. The van der Waals surface area contributed by atoms with E-state index in [1.165, 1.54) is 6.92 Å². The van der Waals surface area contributed by atoms with Crippen LogP contribution in [-0.4, -0.2) is 46.9 Å². The van der Waals surface area contributed by atoms with Crippen LogP contribution in [-0.2, 0) is 14.3 Å². The summed E-state index contributed by atoms with van der Waals surface area (Å²) in [4.78, 5) is 22.3. The molecule has 17 heavy (non-hydrogen) atoms. The Morgan fingerprint density at radius 3 is 2.65 bits per heavy atom. The third-order valence-corrected chi connectivity index (χ3v) is 2.75. The second kappa shape index (κ2) is 6.56. The van der Waals surface area contributed by atoms with E-state index in [1.807, 2.05) is 0 Å². The summed E-state index contributed by atoms with van der Waals surface area (Å²) >= 11 is 0. The molecule has 3 atom stereocenters. The van der Waals surface area contributed by atoms with Crippen molar-refractivity contribution in [2.45, 2.75) is 50.9 Å². The first-order valence-corrected chi connectivity index (χ1v) is 5.82. The predicted molar refractivity (Wildman–Crippen MR) is 59.5 cm³/mol. The van der Waals surface area contributed by atoms with E-state index in [0.29, 0.717) is 6.61 Å². The molecular formula is C11H19NO5. The van der Waals surface area contributed by atoms with Gasteiger partial charge in [-0.15, -0.1) is 0 Å². The Labute approximate surface area is 100.0 Å². The lowest BCUT2D eigenvalue weighted by Crippen LogP contribution is -2.48. The first kappa shape index (κ1) is 13.9. The lowest BCUT2D eigenvalue weighted by Gasteiger charge is -2.23. The van der Waals surface area contributed by atoms with Gasteiger partial charge in [-0.1, -0.05) is 0 Å². The Bertz CT molecular complexity index is 273. The third kappa shape index (κ3) is 4.70. The molecule has 1 aliphatic rings. The molecule has 1 saturated heterocycles. The predicted octanol–water partition coefficient (Wildman–Crippen LogP) is -0.104. The summed E-state index contributed by atoms with van der Waals surface area (Å²) in [5, 5.41) is 20.3. The highest BCUT2D eigenvalue weighted by atomic mass is 16.5. The average Bonchev–Trinajstić information content (AvgIpc) is 2.26. The summed E-state index contributed by atoms with van der Waals surface area (Å²) in [6.07, 6.45) is 1.74. The number of carbonyl (C=O) groups excluding carboxylic acids is 1. The molecular weight excluding hydrogens is 226 g/mol. The number of carbonyl (C=O) groups is 2. The van der Waals surface area contributed by atoms with E-state index < -0.39 is 24.0 Å². The van der Waals surface area contributed by atoms with Crippen LogP contribution >= 0.6 is 0 Å². The minimum atomic E-state index is -1.26. The number of amides is 1. The molecule has 1 aliphatic heterocycles. The fourth-order valence-corrected chi connectivity index (χ4v) is 1.80. The van der Waals surface area contributed by atoms with Crippen molar-refractivity contribution in [3.05, 3.63) is 0 Å². The molecule has 0 spiro atoms. The Kier molecular flexibility index (Phi) is 5.37. The van der Waals surface area contributed by atoms with Gasteiger partial charge in [-0.2, -0.15) is 0 Å². The monoisotopic (exact) mass is 245 g/mol. The molecule has 1 fully saturated rings. The molecule has 0 aromatic rings. The van der Waals surface area contributed by atoms with Crippen molar-refractivity contribution in [2.75, 3.05) is 6.61 Å². The molecule has 0 saturated carbocycles. The maximum absolute atomic E-state index is 11.6. The van der Waals surface area contributed by atoms with Crippen molar-refractivity contribution >= 4 is 11.9 Å². The lowest BCUT2D eigenvalue weighted by molar-refractivity contribution is -0.145. The van der Waals surface area contributed by atoms with Crippen molar-refractivity contribution in [2.24, 2.45) is 0 Å². The second-order valence-corrected chi connectivity index (χ2v) is 4.32. The number of carboxylic acids is 1. The summed E-state index contributed by atoms with van der Waals surface area (Å²) in [5.74, 6) is -1.64. The topological polar surface area (TPSA) is 95.9 Å². The number of hydrogen-bond acceptors (Lipinski definition) is 4. The highest BCUT2D eigenvalue weighted by Crippen LogP contribution is 2.15. The molecule has 98 valence electrons. The van der Waals surface area contributed by atoms with Gasteiger partial charge >= 0.3 is 5.97 Å². The zero-order valence-electron chi connectivity index (χ0n) is 9.89. The molecule has 0 bridgehead atoms. The van der Waals surface area contributed by atoms with Crippen LogP contribution in [0.4, 0.5) is 0 Å². The van der Waals surface area contributed by atoms with Crippen LogP contribution < -0.4 is 5.32 Å². The van der Waals surface area contributed by atoms with Gasteiger partial charge in [0, 0.05) is 6.61 Å². The fourth-order valence-electron chi connectivity index (χ4n) is 1.80. The third-order valence-electron chi connectivity index (χ3n) is 2.75. The maximum Gasteiger partial charge on any atom is 0.328 e. The molecule has 1 heterocycles. The van der Waals surface area contributed by atoms with E-state index in [9.17, 15) is 14.7 Å². The molecule has 3 unspecified atom stereocenters. The summed E-state index contributed by atoms with van der Waals surface area (Å²) in [6, 6.07) is -1.26. The van der Waals surface area contributed by atoms with E-state index in [2.05, 4.69) is 5.32 Å². The van der Waals surface area contributed by atoms with Gasteiger partial charge in [0.15, 0.2) is 6.04 Å². The highest BCUT2D eigenvalue weighted by molar-refractivity contribution is 5.84. The van der Waals surface area contributed by atoms with Gasteiger partial charge in [0.05, 0.1) is 18.6 Å². The molecule has 3 N–H and O–H groups in total. The number of rotatable bonds is 5. The smallest absolute Gasteiger partial charge is 0.328 e. The summed E-state index contributed by atoms with van der Waals surface area (Å²) in [6.45, 7) is 1.98. The number of aliphatic carboxylic acids is 1. The summed E-state index contributed by atoms with van der Waals surface area (Å²) in [7, 11) is 0. The van der Waals surface area contributed by atoms with Crippen LogP contribution in [0.2, 0.25) is 0 Å². The molecule has 0 aromatic heterocycles. The van der Waals surface area contributed by atoms with Crippen LogP contribution in [0.3, 0.4) is 0 Å². The second-order valence-electron chi connectivity index (χ2n) is 4.32. The van der Waals surface area contributed by atoms with Gasteiger partial charge in [-0.05, 0) is 26.2 Å². The van der Waals surface area contributed by atoms with Crippen LogP contribution in [0.15, 0.2) is 0 Å². The average molecular weight is 245 g/mol. The number of carboxylic acid groups (broad SMARTS) is 1. The van der Waals surface area contributed by atoms with E-state index in [0.717, 1.165) is 19.3 Å². The van der Waals surface area contributed by atoms with Gasteiger partial charge in [0.1, 0.15) is 0 Å². The number of hydrogen-bond donors (Lipinski definition) is 3. The van der Waals surface area contributed by atoms with Gasteiger partial charge in [-0.3, -0.25) is 4.79 Å². The van der Waals surface area contributed by atoms with Crippen LogP contribution in [0, 0.1) is 0 Å². The summed E-state index contributed by atoms with van der Waals surface area (Å²) < 4.78 is 5.38. The lowest BCUT2D eigenvalue weighted by atomic mass is 10.1. The Balaban J connectivity index is 2.38. The minimum absolute atomic E-state index is 0.132. The Morgan fingerprint density at radius 1 is 1.47 bits per heavy atom. The van der Waals surface area contributed by atoms with E-state index >= 15 is 0 Å². The van der Waals surface area contributed by atoms with Crippen molar-refractivity contribution in [3.8, 4) is 0 Å². The highest BCUT2D eigenvalue weighted by Gasteiger charge is 2.26. The van der Waals surface area contributed by atoms with Gasteiger partial charge < -0.3 is 20.3 Å². The van der Waals surface area contributed by atoms with Crippen LogP contribution in [0.5, 0.6) is 0 Å². The Morgan fingerprint density at radius 2 is 2.18 bits per heavy atom. The first-order chi connectivity index (χ1) is 8.00. The van der Waals surface area contributed by atoms with Crippen molar-refractivity contribution in [1.82, 2.24) is 5.32 Å². The normalized spacial score (nSPS) is 23.8. The van der Waals surface area contributed by atoms with E-state index in [4.69, 9.17) is 9.84 Å². The fraction of sp³-hybridized carbons (Fsp3) is 0.818. The largest absolute Gasteiger partial charge is 0.480 e. The van der Waals surface area contributed by atoms with Crippen molar-refractivity contribution < 1.29 is 24.5 Å². The van der Waals surface area contributed by atoms with E-state index in [-0.39, 0.29) is 12.5 Å². The molecule has 6 nitrogen and oxygen atoms in total. The van der Waals surface area contributed by atoms with Crippen molar-refractivity contribution in [3.63, 3.8) is 0 Å². The number of aliphatic hydroxyl groups is 1. The standard InChI is InChI=1S/C11H19NO5/c1-7(13)10(11(15)16)12-9(14)6-8-4-2-3-5-17-8/h7-8,10,13H,2-6H2,1H3,(H,12,14)(H,15,16). The minimum Gasteiger partial charge on any atom is -0.480 e. The summed E-state index contributed by atoms with van der Waals surface area (Å²) in [5.41, 5.74) is 0. The maximum atomic E-state index is 11.6. The molecule has 0 radical (unpaired) electrons. The zero-order valence-corrected chi connectivity index (χ0v) is 9.89. The van der Waals surface area contributed by atoms with Crippen LogP contribution in [0.25, 0.3) is 0 Å². The van der Waals surface area contributed by atoms with E-state index in [1.54, 1.807) is 0 Å². The molecule has 0 aliphatic carbocycles. The zero-order chi connectivity index (χ0) is 12.8. The number of aliphatic hydroxyl groups excluding tert-OH is 1. The number of nitrogens with one attached hydrogen (secondary N) is 1. The van der Waals surface area contributed by atoms with Crippen LogP contribution in [0.1, 0.15) is 32.6 Å². The molecule has 1 amide bonds.